The van der Waals surface area contributed by atoms with Crippen LogP contribution in [0.25, 0.3) is 0 Å². The number of amides is 3. The van der Waals surface area contributed by atoms with Gasteiger partial charge in [0, 0.05) is 18.3 Å². The van der Waals surface area contributed by atoms with Gasteiger partial charge in [-0.2, -0.15) is 0 Å². The second kappa shape index (κ2) is 12.7. The maximum absolute atomic E-state index is 12.6. The van der Waals surface area contributed by atoms with E-state index in [1.165, 1.54) is 6.33 Å². The summed E-state index contributed by atoms with van der Waals surface area (Å²) in [5.41, 5.74) is 6.51. The molecule has 3 atom stereocenters. The first kappa shape index (κ1) is 26.1. The van der Waals surface area contributed by atoms with E-state index in [4.69, 9.17) is 5.73 Å². The lowest BCUT2D eigenvalue weighted by Gasteiger charge is -2.23. The molecule has 0 saturated heterocycles. The second-order valence-corrected chi connectivity index (χ2v) is 8.38. The largest absolute Gasteiger partial charge is 0.480 e. The van der Waals surface area contributed by atoms with Gasteiger partial charge in [-0.05, 0) is 24.7 Å². The summed E-state index contributed by atoms with van der Waals surface area (Å²) < 4.78 is 0. The SMILES string of the molecule is CC(C)CC(NC(=O)C(CC(C)C)NC(=O)CNC(=O)C(N)Cc1cnc[nH]1)C(=O)O. The van der Waals surface area contributed by atoms with E-state index in [-0.39, 0.29) is 31.2 Å². The normalized spacial score (nSPS) is 14.0. The predicted molar refractivity (Wildman–Crippen MR) is 114 cm³/mol. The van der Waals surface area contributed by atoms with Crippen molar-refractivity contribution in [1.29, 1.82) is 0 Å². The molecule has 11 nitrogen and oxygen atoms in total. The van der Waals surface area contributed by atoms with Crippen LogP contribution in [0.5, 0.6) is 0 Å². The highest BCUT2D eigenvalue weighted by atomic mass is 16.4. The van der Waals surface area contributed by atoms with E-state index < -0.39 is 41.8 Å². The first-order chi connectivity index (χ1) is 14.5. The van der Waals surface area contributed by atoms with Crippen molar-refractivity contribution in [2.45, 2.75) is 65.1 Å². The van der Waals surface area contributed by atoms with Crippen LogP contribution < -0.4 is 21.7 Å². The lowest BCUT2D eigenvalue weighted by atomic mass is 10.0. The zero-order chi connectivity index (χ0) is 23.6. The van der Waals surface area contributed by atoms with Crippen LogP contribution in [0.15, 0.2) is 12.5 Å². The Labute approximate surface area is 181 Å². The van der Waals surface area contributed by atoms with Crippen LogP contribution in [0.1, 0.15) is 46.2 Å². The second-order valence-electron chi connectivity index (χ2n) is 8.38. The number of rotatable bonds is 13. The number of carboxylic acid groups (broad SMARTS) is 1. The molecule has 1 aromatic heterocycles. The molecule has 0 aliphatic carbocycles. The fourth-order valence-corrected chi connectivity index (χ4v) is 2.94. The molecular formula is C20H34N6O5. The maximum Gasteiger partial charge on any atom is 0.326 e. The molecule has 11 heteroatoms. The Kier molecular flexibility index (Phi) is 10.7. The Morgan fingerprint density at radius 2 is 1.65 bits per heavy atom. The van der Waals surface area contributed by atoms with E-state index in [1.807, 2.05) is 27.7 Å². The lowest BCUT2D eigenvalue weighted by Crippen LogP contribution is -2.54. The molecule has 1 aromatic rings. The number of hydrogen-bond donors (Lipinski definition) is 6. The molecule has 3 amide bonds. The summed E-state index contributed by atoms with van der Waals surface area (Å²) >= 11 is 0. The minimum atomic E-state index is -1.13. The summed E-state index contributed by atoms with van der Waals surface area (Å²) in [5, 5.41) is 16.8. The first-order valence-corrected chi connectivity index (χ1v) is 10.3. The monoisotopic (exact) mass is 438 g/mol. The minimum absolute atomic E-state index is 0.0701. The molecule has 7 N–H and O–H groups in total. The molecule has 1 heterocycles. The number of hydrogen-bond acceptors (Lipinski definition) is 6. The molecule has 0 fully saturated rings. The third kappa shape index (κ3) is 10.1. The number of aromatic amines is 1. The summed E-state index contributed by atoms with van der Waals surface area (Å²) in [6, 6.07) is -2.83. The van der Waals surface area contributed by atoms with Gasteiger partial charge in [0.15, 0.2) is 0 Å². The summed E-state index contributed by atoms with van der Waals surface area (Å²) in [7, 11) is 0. The van der Waals surface area contributed by atoms with Gasteiger partial charge in [0.1, 0.15) is 12.1 Å². The Bertz CT molecular complexity index is 734. The fraction of sp³-hybridized carbons (Fsp3) is 0.650. The van der Waals surface area contributed by atoms with Crippen LogP contribution in [0.3, 0.4) is 0 Å². The Morgan fingerprint density at radius 3 is 2.16 bits per heavy atom. The van der Waals surface area contributed by atoms with Crippen LogP contribution in [0.2, 0.25) is 0 Å². The Balaban J connectivity index is 2.62. The lowest BCUT2D eigenvalue weighted by molar-refractivity contribution is -0.142. The number of nitrogens with two attached hydrogens (primary N) is 1. The summed E-state index contributed by atoms with van der Waals surface area (Å²) in [5.74, 6) is -2.65. The molecule has 0 aliphatic heterocycles. The summed E-state index contributed by atoms with van der Waals surface area (Å²) in [4.78, 5) is 55.1. The number of imidazole rings is 1. The molecule has 174 valence electrons. The topological polar surface area (TPSA) is 179 Å². The number of nitrogens with zero attached hydrogens (tertiary/aromatic N) is 1. The van der Waals surface area contributed by atoms with Gasteiger partial charge in [-0.1, -0.05) is 27.7 Å². The van der Waals surface area contributed by atoms with Crippen molar-refractivity contribution in [1.82, 2.24) is 25.9 Å². The van der Waals surface area contributed by atoms with E-state index in [0.717, 1.165) is 0 Å². The molecule has 3 unspecified atom stereocenters. The van der Waals surface area contributed by atoms with Crippen molar-refractivity contribution in [2.75, 3.05) is 6.54 Å². The number of nitrogens with one attached hydrogen (secondary N) is 4. The van der Waals surface area contributed by atoms with E-state index in [1.54, 1.807) is 6.20 Å². The van der Waals surface area contributed by atoms with Crippen molar-refractivity contribution in [3.63, 3.8) is 0 Å². The van der Waals surface area contributed by atoms with Gasteiger partial charge in [-0.25, -0.2) is 9.78 Å². The molecule has 0 spiro atoms. The molecule has 1 rings (SSSR count). The highest BCUT2D eigenvalue weighted by Gasteiger charge is 2.27. The van der Waals surface area contributed by atoms with Gasteiger partial charge in [-0.15, -0.1) is 0 Å². The van der Waals surface area contributed by atoms with E-state index in [9.17, 15) is 24.3 Å². The molecule has 0 bridgehead atoms. The van der Waals surface area contributed by atoms with Crippen molar-refractivity contribution in [3.05, 3.63) is 18.2 Å². The number of carbonyl (C=O) groups is 4. The van der Waals surface area contributed by atoms with Crippen LogP contribution in [0.4, 0.5) is 0 Å². The van der Waals surface area contributed by atoms with Gasteiger partial charge in [0.25, 0.3) is 0 Å². The Hall–Kier alpha value is -2.95. The van der Waals surface area contributed by atoms with Gasteiger partial charge in [-0.3, -0.25) is 14.4 Å². The van der Waals surface area contributed by atoms with Crippen molar-refractivity contribution < 1.29 is 24.3 Å². The molecule has 31 heavy (non-hydrogen) atoms. The third-order valence-corrected chi connectivity index (χ3v) is 4.44. The quantitative estimate of drug-likeness (QED) is 0.241. The van der Waals surface area contributed by atoms with Gasteiger partial charge < -0.3 is 31.8 Å². The van der Waals surface area contributed by atoms with E-state index in [2.05, 4.69) is 25.9 Å². The first-order valence-electron chi connectivity index (χ1n) is 10.3. The number of aromatic nitrogens is 2. The standard InChI is InChI=1S/C20H34N6O5/c1-11(2)5-15(19(29)26-16(20(30)31)6-12(3)4)25-17(27)9-23-18(28)14(21)7-13-8-22-10-24-13/h8,10-12,14-16H,5-7,9,21H2,1-4H3,(H,22,24)(H,23,28)(H,25,27)(H,26,29)(H,30,31). The zero-order valence-electron chi connectivity index (χ0n) is 18.5. The van der Waals surface area contributed by atoms with Gasteiger partial charge in [0.2, 0.25) is 17.7 Å². The molecule has 0 aromatic carbocycles. The fourth-order valence-electron chi connectivity index (χ4n) is 2.94. The maximum atomic E-state index is 12.6. The van der Waals surface area contributed by atoms with Crippen molar-refractivity contribution >= 4 is 23.7 Å². The van der Waals surface area contributed by atoms with Crippen molar-refractivity contribution in [3.8, 4) is 0 Å². The van der Waals surface area contributed by atoms with Crippen LogP contribution >= 0.6 is 0 Å². The number of carbonyl (C=O) groups excluding carboxylic acids is 3. The average molecular weight is 439 g/mol. The minimum Gasteiger partial charge on any atom is -0.480 e. The smallest absolute Gasteiger partial charge is 0.326 e. The molecular weight excluding hydrogens is 404 g/mol. The Morgan fingerprint density at radius 1 is 1.03 bits per heavy atom. The van der Waals surface area contributed by atoms with E-state index >= 15 is 0 Å². The number of H-pyrrole nitrogens is 1. The summed E-state index contributed by atoms with van der Waals surface area (Å²) in [6.07, 6.45) is 3.85. The average Bonchev–Trinajstić information content (AvgIpc) is 3.17. The third-order valence-electron chi connectivity index (χ3n) is 4.44. The highest BCUT2D eigenvalue weighted by molar-refractivity contribution is 5.92. The van der Waals surface area contributed by atoms with Crippen LogP contribution in [-0.2, 0) is 25.6 Å². The van der Waals surface area contributed by atoms with Crippen LogP contribution in [0, 0.1) is 11.8 Å². The number of aliphatic carboxylic acids is 1. The van der Waals surface area contributed by atoms with Crippen LogP contribution in [-0.4, -0.2) is 63.4 Å². The van der Waals surface area contributed by atoms with Gasteiger partial charge >= 0.3 is 5.97 Å². The van der Waals surface area contributed by atoms with E-state index in [0.29, 0.717) is 12.1 Å². The molecule has 0 aliphatic rings. The zero-order valence-corrected chi connectivity index (χ0v) is 18.5. The number of carboxylic acids is 1. The van der Waals surface area contributed by atoms with Gasteiger partial charge in [0.05, 0.1) is 18.9 Å². The van der Waals surface area contributed by atoms with Crippen molar-refractivity contribution in [2.24, 2.45) is 17.6 Å². The molecule has 0 radical (unpaired) electrons. The highest BCUT2D eigenvalue weighted by Crippen LogP contribution is 2.09. The summed E-state index contributed by atoms with van der Waals surface area (Å²) in [6.45, 7) is 7.12. The molecule has 0 saturated carbocycles. The predicted octanol–water partition coefficient (Wildman–Crippen LogP) is -0.458.